The highest BCUT2D eigenvalue weighted by molar-refractivity contribution is 7.13. The van der Waals surface area contributed by atoms with E-state index in [0.29, 0.717) is 0 Å². The lowest BCUT2D eigenvalue weighted by atomic mass is 10.1. The Labute approximate surface area is 117 Å². The van der Waals surface area contributed by atoms with Gasteiger partial charge in [-0.3, -0.25) is 19.7 Å². The topological polar surface area (TPSA) is 76.1 Å². The van der Waals surface area contributed by atoms with E-state index in [1.807, 2.05) is 0 Å². The number of amides is 1. The second kappa shape index (κ2) is 6.16. The number of hydrogen-bond acceptors (Lipinski definition) is 5. The molecule has 0 spiro atoms. The van der Waals surface area contributed by atoms with Crippen LogP contribution in [-0.2, 0) is 9.59 Å². The maximum Gasteiger partial charge on any atom is 0.294 e. The zero-order valence-corrected chi connectivity index (χ0v) is 10.9. The first-order chi connectivity index (χ1) is 9.56. The molecule has 0 atom stereocenters. The average molecular weight is 292 g/mol. The molecule has 0 aliphatic heterocycles. The number of halogens is 1. The Bertz CT molecular complexity index is 638. The van der Waals surface area contributed by atoms with Gasteiger partial charge in [0.25, 0.3) is 5.91 Å². The second-order valence-electron chi connectivity index (χ2n) is 3.82. The smallest absolute Gasteiger partial charge is 0.294 e. The number of carbonyl (C=O) groups is 3. The van der Waals surface area contributed by atoms with Crippen molar-refractivity contribution in [1.29, 1.82) is 0 Å². The number of thiazole rings is 1. The molecule has 0 unspecified atom stereocenters. The van der Waals surface area contributed by atoms with Crippen molar-refractivity contribution in [3.8, 4) is 0 Å². The zero-order chi connectivity index (χ0) is 14.5. The van der Waals surface area contributed by atoms with Crippen LogP contribution < -0.4 is 5.32 Å². The SMILES string of the molecule is O=C(CC(=O)c1ccc(F)cc1)C(=O)Nc1nccs1. The highest BCUT2D eigenvalue weighted by Gasteiger charge is 2.19. The number of Topliss-reactive ketones (excluding diaryl/α,β-unsaturated/α-hetero) is 2. The molecular weight excluding hydrogens is 283 g/mol. The van der Waals surface area contributed by atoms with Crippen LogP contribution in [0.25, 0.3) is 0 Å². The molecule has 0 bridgehead atoms. The number of aromatic nitrogens is 1. The molecule has 0 fully saturated rings. The van der Waals surface area contributed by atoms with Gasteiger partial charge in [-0.2, -0.15) is 0 Å². The fourth-order valence-corrected chi connectivity index (χ4v) is 1.94. The maximum absolute atomic E-state index is 12.7. The Morgan fingerprint density at radius 2 is 1.90 bits per heavy atom. The summed E-state index contributed by atoms with van der Waals surface area (Å²) in [5.74, 6) is -2.77. The Morgan fingerprint density at radius 1 is 1.20 bits per heavy atom. The van der Waals surface area contributed by atoms with Gasteiger partial charge in [0.2, 0.25) is 5.78 Å². The molecule has 0 aliphatic rings. The molecule has 2 aromatic rings. The fourth-order valence-electron chi connectivity index (χ4n) is 1.42. The number of nitrogens with zero attached hydrogens (tertiary/aromatic N) is 1. The second-order valence-corrected chi connectivity index (χ2v) is 4.72. The number of benzene rings is 1. The Hall–Kier alpha value is -2.41. The van der Waals surface area contributed by atoms with Crippen LogP contribution >= 0.6 is 11.3 Å². The molecule has 7 heteroatoms. The van der Waals surface area contributed by atoms with Crippen molar-refractivity contribution < 1.29 is 18.8 Å². The quantitative estimate of drug-likeness (QED) is 0.520. The van der Waals surface area contributed by atoms with Crippen molar-refractivity contribution in [1.82, 2.24) is 4.98 Å². The number of anilines is 1. The van der Waals surface area contributed by atoms with E-state index in [1.165, 1.54) is 18.3 Å². The lowest BCUT2D eigenvalue weighted by molar-refractivity contribution is -0.134. The average Bonchev–Trinajstić information content (AvgIpc) is 2.92. The van der Waals surface area contributed by atoms with Crippen LogP contribution in [0.3, 0.4) is 0 Å². The van der Waals surface area contributed by atoms with Crippen molar-refractivity contribution in [2.45, 2.75) is 6.42 Å². The molecule has 1 aromatic heterocycles. The third kappa shape index (κ3) is 3.55. The minimum Gasteiger partial charge on any atom is -0.295 e. The molecule has 1 N–H and O–H groups in total. The molecule has 20 heavy (non-hydrogen) atoms. The van der Waals surface area contributed by atoms with Crippen LogP contribution in [0.15, 0.2) is 35.8 Å². The molecule has 1 amide bonds. The lowest BCUT2D eigenvalue weighted by Gasteiger charge is -2.01. The summed E-state index contributed by atoms with van der Waals surface area (Å²) in [6.45, 7) is 0. The van der Waals surface area contributed by atoms with E-state index in [-0.39, 0.29) is 10.7 Å². The fraction of sp³-hybridized carbons (Fsp3) is 0.0769. The lowest BCUT2D eigenvalue weighted by Crippen LogP contribution is -2.25. The highest BCUT2D eigenvalue weighted by atomic mass is 32.1. The van der Waals surface area contributed by atoms with Gasteiger partial charge >= 0.3 is 0 Å². The maximum atomic E-state index is 12.7. The largest absolute Gasteiger partial charge is 0.295 e. The van der Waals surface area contributed by atoms with Gasteiger partial charge in [-0.15, -0.1) is 11.3 Å². The van der Waals surface area contributed by atoms with Gasteiger partial charge in [0.05, 0.1) is 6.42 Å². The molecule has 2 rings (SSSR count). The Morgan fingerprint density at radius 3 is 2.50 bits per heavy atom. The molecule has 0 saturated heterocycles. The monoisotopic (exact) mass is 292 g/mol. The van der Waals surface area contributed by atoms with Crippen LogP contribution in [0.5, 0.6) is 0 Å². The van der Waals surface area contributed by atoms with Crippen LogP contribution in [0, 0.1) is 5.82 Å². The summed E-state index contributed by atoms with van der Waals surface area (Å²) in [7, 11) is 0. The van der Waals surface area contributed by atoms with Crippen LogP contribution in [0.4, 0.5) is 9.52 Å². The van der Waals surface area contributed by atoms with Crippen molar-refractivity contribution in [2.75, 3.05) is 5.32 Å². The van der Waals surface area contributed by atoms with Crippen LogP contribution in [-0.4, -0.2) is 22.5 Å². The molecule has 102 valence electrons. The van der Waals surface area contributed by atoms with E-state index in [0.717, 1.165) is 23.5 Å². The predicted octanol–water partition coefficient (Wildman–Crippen LogP) is 2.06. The Balaban J connectivity index is 1.95. The van der Waals surface area contributed by atoms with Gasteiger partial charge < -0.3 is 0 Å². The summed E-state index contributed by atoms with van der Waals surface area (Å²) in [6.07, 6.45) is 0.914. The highest BCUT2D eigenvalue weighted by Crippen LogP contribution is 2.11. The third-order valence-electron chi connectivity index (χ3n) is 2.39. The number of ketones is 2. The van der Waals surface area contributed by atoms with Gasteiger partial charge in [0.15, 0.2) is 10.9 Å². The number of rotatable bonds is 5. The summed E-state index contributed by atoms with van der Waals surface area (Å²) in [4.78, 5) is 38.6. The summed E-state index contributed by atoms with van der Waals surface area (Å²) in [5, 5.41) is 4.23. The standard InChI is InChI=1S/C13H9FN2O3S/c14-9-3-1-8(2-4-9)10(17)7-11(18)12(19)16-13-15-5-6-20-13/h1-6H,7H2,(H,15,16,19). The number of hydrogen-bond donors (Lipinski definition) is 1. The minimum absolute atomic E-state index is 0.182. The first-order valence-corrected chi connectivity index (χ1v) is 6.46. The van der Waals surface area contributed by atoms with Gasteiger partial charge in [0.1, 0.15) is 5.82 Å². The van der Waals surface area contributed by atoms with Crippen molar-refractivity contribution in [3.05, 3.63) is 47.2 Å². The molecule has 1 heterocycles. The first kappa shape index (κ1) is 14.0. The van der Waals surface area contributed by atoms with Crippen LogP contribution in [0.1, 0.15) is 16.8 Å². The van der Waals surface area contributed by atoms with Crippen molar-refractivity contribution >= 4 is 33.9 Å². The van der Waals surface area contributed by atoms with E-state index in [1.54, 1.807) is 5.38 Å². The predicted molar refractivity (Wildman–Crippen MR) is 71.1 cm³/mol. The summed E-state index contributed by atoms with van der Waals surface area (Å²) >= 11 is 1.16. The van der Waals surface area contributed by atoms with E-state index in [4.69, 9.17) is 0 Å². The van der Waals surface area contributed by atoms with Gasteiger partial charge in [-0.1, -0.05) is 0 Å². The van der Waals surface area contributed by atoms with Crippen LogP contribution in [0.2, 0.25) is 0 Å². The summed E-state index contributed by atoms with van der Waals surface area (Å²) in [5.41, 5.74) is 0.182. The van der Waals surface area contributed by atoms with Gasteiger partial charge in [0, 0.05) is 17.1 Å². The van der Waals surface area contributed by atoms with E-state index < -0.39 is 29.7 Å². The summed E-state index contributed by atoms with van der Waals surface area (Å²) in [6, 6.07) is 4.77. The van der Waals surface area contributed by atoms with E-state index in [2.05, 4.69) is 10.3 Å². The van der Waals surface area contributed by atoms with E-state index in [9.17, 15) is 18.8 Å². The molecule has 0 aliphatic carbocycles. The minimum atomic E-state index is -0.893. The molecule has 0 saturated carbocycles. The molecule has 1 aromatic carbocycles. The third-order valence-corrected chi connectivity index (χ3v) is 3.08. The molecule has 0 radical (unpaired) electrons. The Kier molecular flexibility index (Phi) is 4.31. The number of carbonyl (C=O) groups excluding carboxylic acids is 3. The molecule has 5 nitrogen and oxygen atoms in total. The molecular formula is C13H9FN2O3S. The number of nitrogens with one attached hydrogen (secondary N) is 1. The van der Waals surface area contributed by atoms with Gasteiger partial charge in [-0.25, -0.2) is 9.37 Å². The van der Waals surface area contributed by atoms with Crippen molar-refractivity contribution in [2.24, 2.45) is 0 Å². The normalized spacial score (nSPS) is 10.1. The first-order valence-electron chi connectivity index (χ1n) is 5.58. The van der Waals surface area contributed by atoms with Gasteiger partial charge in [-0.05, 0) is 24.3 Å². The summed E-state index contributed by atoms with van der Waals surface area (Å²) < 4.78 is 12.7. The van der Waals surface area contributed by atoms with Crippen molar-refractivity contribution in [3.63, 3.8) is 0 Å². The zero-order valence-electron chi connectivity index (χ0n) is 10.1. The van der Waals surface area contributed by atoms with E-state index >= 15 is 0 Å².